The van der Waals surface area contributed by atoms with E-state index in [1.54, 1.807) is 0 Å². The molecule has 0 aliphatic carbocycles. The molecule has 0 heterocycles. The first-order valence-electron chi connectivity index (χ1n) is 11.2. The topological polar surface area (TPSA) is 95.9 Å². The lowest BCUT2D eigenvalue weighted by Crippen LogP contribution is -2.43. The maximum Gasteiger partial charge on any atom is 0.414 e. The van der Waals surface area contributed by atoms with E-state index in [0.717, 1.165) is 13.0 Å². The highest BCUT2D eigenvalue weighted by Crippen LogP contribution is 2.26. The molecule has 0 saturated heterocycles. The van der Waals surface area contributed by atoms with Crippen molar-refractivity contribution in [2.24, 2.45) is 0 Å². The van der Waals surface area contributed by atoms with Crippen LogP contribution in [0.15, 0.2) is 84.9 Å². The number of hydrogen-bond donors (Lipinski definition) is 3. The van der Waals surface area contributed by atoms with Crippen LogP contribution in [0.1, 0.15) is 42.2 Å². The van der Waals surface area contributed by atoms with Gasteiger partial charge in [-0.1, -0.05) is 90.5 Å². The van der Waals surface area contributed by atoms with Gasteiger partial charge in [0.1, 0.15) is 6.10 Å². The monoisotopic (exact) mass is 463 g/mol. The Morgan fingerprint density at radius 3 is 1.85 bits per heavy atom. The van der Waals surface area contributed by atoms with Crippen LogP contribution in [0.5, 0.6) is 0 Å². The molecule has 180 valence electrons. The van der Waals surface area contributed by atoms with Crippen molar-refractivity contribution in [3.8, 4) is 0 Å². The van der Waals surface area contributed by atoms with E-state index in [4.69, 9.17) is 24.5 Å². The number of carboxylic acids is 2. The van der Waals surface area contributed by atoms with Crippen LogP contribution in [-0.2, 0) is 20.7 Å². The summed E-state index contributed by atoms with van der Waals surface area (Å²) in [5, 5.41) is 18.4. The van der Waals surface area contributed by atoms with Crippen molar-refractivity contribution in [3.63, 3.8) is 0 Å². The number of hydrogen-bond acceptors (Lipinski definition) is 4. The van der Waals surface area contributed by atoms with E-state index in [9.17, 15) is 0 Å². The van der Waals surface area contributed by atoms with Gasteiger partial charge in [-0.2, -0.15) is 0 Å². The first-order valence-corrected chi connectivity index (χ1v) is 11.2. The van der Waals surface area contributed by atoms with Gasteiger partial charge in [0.25, 0.3) is 0 Å². The summed E-state index contributed by atoms with van der Waals surface area (Å²) in [6.07, 6.45) is 0.953. The molecule has 1 atom stereocenters. The van der Waals surface area contributed by atoms with Crippen LogP contribution in [0.4, 0.5) is 0 Å². The first-order chi connectivity index (χ1) is 16.2. The van der Waals surface area contributed by atoms with Crippen LogP contribution < -0.4 is 5.32 Å². The number of nitrogens with one attached hydrogen (secondary N) is 1. The van der Waals surface area contributed by atoms with Gasteiger partial charge in [0.2, 0.25) is 0 Å². The van der Waals surface area contributed by atoms with Gasteiger partial charge in [-0.3, -0.25) is 0 Å². The van der Waals surface area contributed by atoms with Gasteiger partial charge in [0, 0.05) is 12.1 Å². The van der Waals surface area contributed by atoms with Crippen molar-refractivity contribution in [1.29, 1.82) is 0 Å². The fourth-order valence-corrected chi connectivity index (χ4v) is 3.49. The number of aryl methyl sites for hydroxylation is 1. The standard InChI is InChI=1S/C26H31NO.C2H2O4/c1-21-14-16-24(17-15-21)25(23-12-8-5-9-13-23)28-19-18-27-26(2,3)20-22-10-6-4-7-11-22;3-1(4)2(5)6/h4-17,25,27H,18-20H2,1-3H3;(H,3,4)(H,5,6). The minimum absolute atomic E-state index is 0.0246. The highest BCUT2D eigenvalue weighted by molar-refractivity contribution is 6.27. The Morgan fingerprint density at radius 2 is 1.32 bits per heavy atom. The summed E-state index contributed by atoms with van der Waals surface area (Å²) in [6, 6.07) is 29.7. The van der Waals surface area contributed by atoms with Gasteiger partial charge in [0.15, 0.2) is 0 Å². The lowest BCUT2D eigenvalue weighted by atomic mass is 9.95. The number of benzene rings is 3. The zero-order valence-corrected chi connectivity index (χ0v) is 19.9. The molecule has 3 aromatic carbocycles. The average molecular weight is 464 g/mol. The van der Waals surface area contributed by atoms with Gasteiger partial charge in [-0.15, -0.1) is 0 Å². The Labute approximate surface area is 201 Å². The molecule has 0 aliphatic heterocycles. The van der Waals surface area contributed by atoms with Gasteiger partial charge in [0.05, 0.1) is 6.61 Å². The summed E-state index contributed by atoms with van der Waals surface area (Å²) in [7, 11) is 0. The summed E-state index contributed by atoms with van der Waals surface area (Å²) in [5.41, 5.74) is 5.02. The molecule has 0 bridgehead atoms. The molecule has 3 rings (SSSR count). The van der Waals surface area contributed by atoms with Crippen LogP contribution in [0.2, 0.25) is 0 Å². The van der Waals surface area contributed by atoms with E-state index in [1.807, 2.05) is 6.07 Å². The highest BCUT2D eigenvalue weighted by atomic mass is 16.5. The van der Waals surface area contributed by atoms with Gasteiger partial charge < -0.3 is 20.3 Å². The number of aliphatic carboxylic acids is 2. The molecule has 1 unspecified atom stereocenters. The Balaban J connectivity index is 0.000000604. The minimum atomic E-state index is -1.82. The van der Waals surface area contributed by atoms with Crippen LogP contribution >= 0.6 is 0 Å². The number of carboxylic acid groups (broad SMARTS) is 2. The maximum atomic E-state index is 9.10. The molecule has 0 fully saturated rings. The molecule has 6 heteroatoms. The Hall–Kier alpha value is -3.48. The molecule has 3 N–H and O–H groups in total. The maximum absolute atomic E-state index is 9.10. The number of carbonyl (C=O) groups is 2. The lowest BCUT2D eigenvalue weighted by Gasteiger charge is -2.27. The molecule has 0 saturated carbocycles. The van der Waals surface area contributed by atoms with Crippen molar-refractivity contribution in [2.75, 3.05) is 13.2 Å². The molecule has 6 nitrogen and oxygen atoms in total. The summed E-state index contributed by atoms with van der Waals surface area (Å²) in [6.45, 7) is 8.07. The lowest BCUT2D eigenvalue weighted by molar-refractivity contribution is -0.159. The molecule has 34 heavy (non-hydrogen) atoms. The zero-order valence-electron chi connectivity index (χ0n) is 19.9. The minimum Gasteiger partial charge on any atom is -0.473 e. The summed E-state index contributed by atoms with van der Waals surface area (Å²) in [4.78, 5) is 18.2. The van der Waals surface area contributed by atoms with Crippen LogP contribution in [0, 0.1) is 6.92 Å². The van der Waals surface area contributed by atoms with Crippen molar-refractivity contribution in [3.05, 3.63) is 107 Å². The molecule has 0 radical (unpaired) electrons. The molecular formula is C28H33NO5. The first kappa shape index (κ1) is 26.8. The molecule has 3 aromatic rings. The Bertz CT molecular complexity index is 1010. The fraction of sp³-hybridized carbons (Fsp3) is 0.286. The van der Waals surface area contributed by atoms with Crippen LogP contribution in [0.3, 0.4) is 0 Å². The molecule has 0 aromatic heterocycles. The third kappa shape index (κ3) is 9.57. The average Bonchev–Trinajstić information content (AvgIpc) is 2.81. The van der Waals surface area contributed by atoms with E-state index in [0.29, 0.717) is 6.61 Å². The Morgan fingerprint density at radius 1 is 0.824 bits per heavy atom. The zero-order chi connectivity index (χ0) is 25.0. The predicted octanol–water partition coefficient (Wildman–Crippen LogP) is 4.87. The van der Waals surface area contributed by atoms with E-state index < -0.39 is 11.9 Å². The highest BCUT2D eigenvalue weighted by Gasteiger charge is 2.18. The number of rotatable bonds is 9. The largest absolute Gasteiger partial charge is 0.473 e. The van der Waals surface area contributed by atoms with E-state index in [2.05, 4.69) is 105 Å². The van der Waals surface area contributed by atoms with Crippen LogP contribution in [0.25, 0.3) is 0 Å². The van der Waals surface area contributed by atoms with Gasteiger partial charge in [-0.05, 0) is 43.9 Å². The summed E-state index contributed by atoms with van der Waals surface area (Å²) < 4.78 is 6.34. The molecule has 0 aliphatic rings. The summed E-state index contributed by atoms with van der Waals surface area (Å²) in [5.74, 6) is -3.65. The van der Waals surface area contributed by atoms with E-state index >= 15 is 0 Å². The third-order valence-corrected chi connectivity index (χ3v) is 5.14. The number of ether oxygens (including phenoxy) is 1. The second-order valence-electron chi connectivity index (χ2n) is 8.66. The second-order valence-corrected chi connectivity index (χ2v) is 8.66. The van der Waals surface area contributed by atoms with Gasteiger partial charge >= 0.3 is 11.9 Å². The van der Waals surface area contributed by atoms with Crippen molar-refractivity contribution in [1.82, 2.24) is 5.32 Å². The molecular weight excluding hydrogens is 430 g/mol. The Kier molecular flexibility index (Phi) is 10.5. The third-order valence-electron chi connectivity index (χ3n) is 5.14. The van der Waals surface area contributed by atoms with Crippen molar-refractivity contribution >= 4 is 11.9 Å². The predicted molar refractivity (Wildman–Crippen MR) is 133 cm³/mol. The fourth-order valence-electron chi connectivity index (χ4n) is 3.49. The SMILES string of the molecule is Cc1ccc(C(OCCNC(C)(C)Cc2ccccc2)c2ccccc2)cc1.O=C(O)C(=O)O. The van der Waals surface area contributed by atoms with Crippen LogP contribution in [-0.4, -0.2) is 40.8 Å². The quantitative estimate of drug-likeness (QED) is 0.310. The van der Waals surface area contributed by atoms with Crippen molar-refractivity contribution < 1.29 is 24.5 Å². The molecule has 0 spiro atoms. The van der Waals surface area contributed by atoms with Crippen molar-refractivity contribution in [2.45, 2.75) is 38.8 Å². The molecule has 0 amide bonds. The summed E-state index contributed by atoms with van der Waals surface area (Å²) >= 11 is 0. The second kappa shape index (κ2) is 13.3. The smallest absolute Gasteiger partial charge is 0.414 e. The normalized spacial score (nSPS) is 11.7. The van der Waals surface area contributed by atoms with E-state index in [1.165, 1.54) is 22.3 Å². The van der Waals surface area contributed by atoms with Gasteiger partial charge in [-0.25, -0.2) is 9.59 Å². The van der Waals surface area contributed by atoms with E-state index in [-0.39, 0.29) is 11.6 Å².